The van der Waals surface area contributed by atoms with Crippen LogP contribution in [0.3, 0.4) is 0 Å². The van der Waals surface area contributed by atoms with Crippen LogP contribution in [-0.2, 0) is 10.0 Å². The number of nitro benzene ring substituents is 1. The first-order chi connectivity index (χ1) is 9.75. The van der Waals surface area contributed by atoms with Crippen molar-refractivity contribution in [2.75, 3.05) is 13.1 Å². The molecule has 0 atom stereocenters. The lowest BCUT2D eigenvalue weighted by Crippen LogP contribution is -2.64. The highest BCUT2D eigenvalue weighted by molar-refractivity contribution is 7.89. The summed E-state index contributed by atoms with van der Waals surface area (Å²) in [5, 5.41) is 21.1. The highest BCUT2D eigenvalue weighted by atomic mass is 32.2. The van der Waals surface area contributed by atoms with Crippen molar-refractivity contribution >= 4 is 15.7 Å². The van der Waals surface area contributed by atoms with Crippen molar-refractivity contribution in [1.82, 2.24) is 4.31 Å². The summed E-state index contributed by atoms with van der Waals surface area (Å²) >= 11 is 0. The van der Waals surface area contributed by atoms with Gasteiger partial charge < -0.3 is 5.11 Å². The van der Waals surface area contributed by atoms with Crippen molar-refractivity contribution in [3.05, 3.63) is 33.9 Å². The summed E-state index contributed by atoms with van der Waals surface area (Å²) in [6.45, 7) is 1.57. The molecule has 0 radical (unpaired) electrons. The Morgan fingerprint density at radius 1 is 1.38 bits per heavy atom. The third-order valence-electron chi connectivity index (χ3n) is 4.31. The van der Waals surface area contributed by atoms with E-state index in [1.807, 2.05) is 0 Å². The molecular formula is C13H16N2O5S. The fourth-order valence-electron chi connectivity index (χ4n) is 2.83. The zero-order valence-electron chi connectivity index (χ0n) is 11.5. The maximum Gasteiger partial charge on any atom is 0.273 e. The van der Waals surface area contributed by atoms with Gasteiger partial charge in [-0.1, -0.05) is 6.07 Å². The second kappa shape index (κ2) is 4.49. The molecule has 2 fully saturated rings. The highest BCUT2D eigenvalue weighted by Gasteiger charge is 2.55. The van der Waals surface area contributed by atoms with E-state index in [0.717, 1.165) is 12.8 Å². The third kappa shape index (κ3) is 2.23. The Kier molecular flexibility index (Phi) is 3.09. The molecule has 0 aromatic heterocycles. The number of sulfonamides is 1. The van der Waals surface area contributed by atoms with Gasteiger partial charge in [0, 0.05) is 24.7 Å². The van der Waals surface area contributed by atoms with Crippen LogP contribution in [0.1, 0.15) is 18.4 Å². The minimum absolute atomic E-state index is 0.0606. The molecule has 2 aliphatic rings. The van der Waals surface area contributed by atoms with E-state index in [1.54, 1.807) is 0 Å². The van der Waals surface area contributed by atoms with Crippen LogP contribution in [0.15, 0.2) is 23.1 Å². The van der Waals surface area contributed by atoms with Crippen LogP contribution in [0.4, 0.5) is 5.69 Å². The molecule has 1 aromatic carbocycles. The van der Waals surface area contributed by atoms with Crippen LogP contribution in [0, 0.1) is 23.0 Å². The first kappa shape index (κ1) is 14.4. The van der Waals surface area contributed by atoms with Gasteiger partial charge in [0.05, 0.1) is 15.4 Å². The van der Waals surface area contributed by atoms with Crippen molar-refractivity contribution < 1.29 is 18.4 Å². The molecule has 1 saturated carbocycles. The van der Waals surface area contributed by atoms with Crippen molar-refractivity contribution in [2.45, 2.75) is 30.3 Å². The van der Waals surface area contributed by atoms with E-state index in [4.69, 9.17) is 0 Å². The number of rotatable bonds is 4. The lowest BCUT2D eigenvalue weighted by atomic mass is 9.91. The molecule has 114 valence electrons. The minimum Gasteiger partial charge on any atom is -0.387 e. The maximum absolute atomic E-state index is 12.5. The lowest BCUT2D eigenvalue weighted by molar-refractivity contribution is -0.385. The summed E-state index contributed by atoms with van der Waals surface area (Å²) in [5.41, 5.74) is -1.000. The van der Waals surface area contributed by atoms with Crippen molar-refractivity contribution in [1.29, 1.82) is 0 Å². The summed E-state index contributed by atoms with van der Waals surface area (Å²) in [6, 6.07) is 4.02. The monoisotopic (exact) mass is 312 g/mol. The van der Waals surface area contributed by atoms with Gasteiger partial charge in [0.25, 0.3) is 5.69 Å². The van der Waals surface area contributed by atoms with Gasteiger partial charge in [-0.2, -0.15) is 4.31 Å². The molecule has 1 heterocycles. The molecule has 1 aromatic rings. The third-order valence-corrected chi connectivity index (χ3v) is 6.24. The Labute approximate surface area is 122 Å². The zero-order valence-corrected chi connectivity index (χ0v) is 12.3. The normalized spacial score (nSPS) is 21.8. The van der Waals surface area contributed by atoms with E-state index in [1.165, 1.54) is 29.4 Å². The standard InChI is InChI=1S/C13H16N2O5S/c1-9-11(15(17)18)3-2-4-12(9)21(19,20)14-7-13(16,8-14)10-5-6-10/h2-4,10,16H,5-8H2,1H3. The lowest BCUT2D eigenvalue weighted by Gasteiger charge is -2.45. The van der Waals surface area contributed by atoms with Crippen LogP contribution < -0.4 is 0 Å². The molecule has 7 nitrogen and oxygen atoms in total. The maximum atomic E-state index is 12.5. The van der Waals surface area contributed by atoms with Gasteiger partial charge in [0.1, 0.15) is 0 Å². The summed E-state index contributed by atoms with van der Waals surface area (Å²) < 4.78 is 26.3. The van der Waals surface area contributed by atoms with Gasteiger partial charge in [-0.15, -0.1) is 0 Å². The average molecular weight is 312 g/mol. The van der Waals surface area contributed by atoms with Crippen LogP contribution in [0.5, 0.6) is 0 Å². The first-order valence-corrected chi connectivity index (χ1v) is 8.16. The SMILES string of the molecule is Cc1c([N+](=O)[O-])cccc1S(=O)(=O)N1CC(O)(C2CC2)C1. The molecule has 3 rings (SSSR count). The van der Waals surface area contributed by atoms with E-state index < -0.39 is 20.5 Å². The van der Waals surface area contributed by atoms with Crippen LogP contribution in [-0.4, -0.2) is 41.4 Å². The molecule has 0 spiro atoms. The quantitative estimate of drug-likeness (QED) is 0.661. The Morgan fingerprint density at radius 3 is 2.52 bits per heavy atom. The molecule has 21 heavy (non-hydrogen) atoms. The fraction of sp³-hybridized carbons (Fsp3) is 0.538. The number of nitrogens with zero attached hydrogens (tertiary/aromatic N) is 2. The van der Waals surface area contributed by atoms with E-state index in [2.05, 4.69) is 0 Å². The highest BCUT2D eigenvalue weighted by Crippen LogP contribution is 2.46. The van der Waals surface area contributed by atoms with Gasteiger partial charge in [-0.25, -0.2) is 8.42 Å². The topological polar surface area (TPSA) is 101 Å². The second-order valence-corrected chi connectivity index (χ2v) is 7.71. The Balaban J connectivity index is 1.90. The van der Waals surface area contributed by atoms with Gasteiger partial charge in [0.15, 0.2) is 0 Å². The largest absolute Gasteiger partial charge is 0.387 e. The number of nitro groups is 1. The van der Waals surface area contributed by atoms with Crippen molar-refractivity contribution in [3.63, 3.8) is 0 Å². The van der Waals surface area contributed by atoms with Crippen LogP contribution in [0.2, 0.25) is 0 Å². The Hall–Kier alpha value is -1.51. The van der Waals surface area contributed by atoms with E-state index in [0.29, 0.717) is 0 Å². The fourth-order valence-corrected chi connectivity index (χ4v) is 4.64. The molecule has 0 amide bonds. The molecule has 0 bridgehead atoms. The van der Waals surface area contributed by atoms with Gasteiger partial charge in [-0.3, -0.25) is 10.1 Å². The number of hydrogen-bond donors (Lipinski definition) is 1. The van der Waals surface area contributed by atoms with Gasteiger partial charge in [0.2, 0.25) is 10.0 Å². The van der Waals surface area contributed by atoms with Gasteiger partial charge in [-0.05, 0) is 31.7 Å². The Morgan fingerprint density at radius 2 is 2.00 bits per heavy atom. The average Bonchev–Trinajstić information content (AvgIpc) is 3.18. The number of β-amino-alcohol motifs (C(OH)–C–C–N with tert-alkyl or cyclic N) is 1. The number of hydrogen-bond acceptors (Lipinski definition) is 5. The van der Waals surface area contributed by atoms with Crippen LogP contribution >= 0.6 is 0 Å². The Bertz CT molecular complexity index is 705. The summed E-state index contributed by atoms with van der Waals surface area (Å²) in [6.07, 6.45) is 1.86. The first-order valence-electron chi connectivity index (χ1n) is 6.72. The summed E-state index contributed by atoms with van der Waals surface area (Å²) in [5.74, 6) is 0.190. The molecular weight excluding hydrogens is 296 g/mol. The molecule has 1 aliphatic carbocycles. The predicted octanol–water partition coefficient (Wildman–Crippen LogP) is 1.05. The van der Waals surface area contributed by atoms with Gasteiger partial charge >= 0.3 is 0 Å². The van der Waals surface area contributed by atoms with E-state index >= 15 is 0 Å². The summed E-state index contributed by atoms with van der Waals surface area (Å²) in [7, 11) is -3.80. The van der Waals surface area contributed by atoms with Crippen molar-refractivity contribution in [2.24, 2.45) is 5.92 Å². The molecule has 0 unspecified atom stereocenters. The number of benzene rings is 1. The summed E-state index contributed by atoms with van der Waals surface area (Å²) in [4.78, 5) is 10.3. The van der Waals surface area contributed by atoms with E-state index in [9.17, 15) is 23.6 Å². The zero-order chi connectivity index (χ0) is 15.4. The van der Waals surface area contributed by atoms with Crippen LogP contribution in [0.25, 0.3) is 0 Å². The minimum atomic E-state index is -3.80. The molecule has 1 N–H and O–H groups in total. The number of aliphatic hydroxyl groups is 1. The van der Waals surface area contributed by atoms with E-state index in [-0.39, 0.29) is 35.2 Å². The molecule has 1 aliphatic heterocycles. The molecule has 8 heteroatoms. The smallest absolute Gasteiger partial charge is 0.273 e. The predicted molar refractivity (Wildman–Crippen MR) is 74.3 cm³/mol. The second-order valence-electron chi connectivity index (χ2n) is 5.81. The van der Waals surface area contributed by atoms with Crippen molar-refractivity contribution in [3.8, 4) is 0 Å². The molecule has 1 saturated heterocycles.